The van der Waals surface area contributed by atoms with Gasteiger partial charge in [-0.05, 0) is 31.8 Å². The van der Waals surface area contributed by atoms with Gasteiger partial charge in [0.05, 0.1) is 25.7 Å². The molecule has 4 fully saturated rings. The first-order valence-corrected chi connectivity index (χ1v) is 13.3. The monoisotopic (exact) mass is 536 g/mol. The van der Waals surface area contributed by atoms with E-state index in [1.165, 1.54) is 6.08 Å². The van der Waals surface area contributed by atoms with Crippen LogP contribution in [0.25, 0.3) is 0 Å². The number of esters is 3. The molecule has 0 aromatic heterocycles. The molecule has 0 aromatic carbocycles. The van der Waals surface area contributed by atoms with E-state index in [4.69, 9.17) is 18.9 Å². The molecule has 11 atom stereocenters. The zero-order valence-electron chi connectivity index (χ0n) is 22.0. The predicted octanol–water partition coefficient (Wildman–Crippen LogP) is 0.216. The molecule has 2 saturated carbocycles. The van der Waals surface area contributed by atoms with Gasteiger partial charge in [-0.3, -0.25) is 9.59 Å². The highest BCUT2D eigenvalue weighted by Gasteiger charge is 2.85. The third-order valence-corrected chi connectivity index (χ3v) is 10.1. The number of allylic oxidation sites excluding steroid dienone is 1. The van der Waals surface area contributed by atoms with E-state index < -0.39 is 88.4 Å². The zero-order chi connectivity index (χ0) is 27.8. The molecule has 0 amide bonds. The molecule has 2 aliphatic heterocycles. The molecule has 2 heterocycles. The van der Waals surface area contributed by atoms with Crippen LogP contribution < -0.4 is 0 Å². The molecule has 1 spiro atoms. The quantitative estimate of drug-likeness (QED) is 0.241. The Morgan fingerprint density at radius 2 is 1.87 bits per heavy atom. The van der Waals surface area contributed by atoms with Crippen LogP contribution in [0.5, 0.6) is 0 Å². The Balaban J connectivity index is 1.68. The molecule has 0 aromatic rings. The van der Waals surface area contributed by atoms with Crippen molar-refractivity contribution in [3.05, 3.63) is 11.6 Å². The van der Waals surface area contributed by atoms with Crippen LogP contribution >= 0.6 is 0 Å². The SMILES string of the molecule is CCCCCC(=O)O[C@H]1C(=O)O[C@@H]2C[C@H]3C(C)=CC(=O)[C@@H](O)[C@]3(C)[C@H]3[C@@H](O)[C@H](O)[C@]4(C(=O)OC)OCC23[C@@H]14. The number of hydrogen-bond donors (Lipinski definition) is 3. The maximum Gasteiger partial charge on any atom is 0.348 e. The lowest BCUT2D eigenvalue weighted by Gasteiger charge is -2.67. The van der Waals surface area contributed by atoms with Gasteiger partial charge in [-0.25, -0.2) is 9.59 Å². The van der Waals surface area contributed by atoms with E-state index in [1.807, 2.05) is 6.92 Å². The number of fused-ring (bicyclic) bond motifs is 2. The summed E-state index contributed by atoms with van der Waals surface area (Å²) in [6.07, 6.45) is -3.86. The molecular formula is C27H36O11. The second kappa shape index (κ2) is 9.11. The fraction of sp³-hybridized carbons (Fsp3) is 0.778. The minimum absolute atomic E-state index is 0.0401. The molecule has 5 aliphatic rings. The molecule has 2 bridgehead atoms. The summed E-state index contributed by atoms with van der Waals surface area (Å²) in [7, 11) is 1.09. The minimum Gasteiger partial charge on any atom is -0.467 e. The molecular weight excluding hydrogens is 500 g/mol. The number of unbranched alkanes of at least 4 members (excludes halogenated alkanes) is 2. The second-order valence-electron chi connectivity index (χ2n) is 11.7. The van der Waals surface area contributed by atoms with E-state index in [1.54, 1.807) is 13.8 Å². The number of aliphatic hydroxyl groups is 3. The van der Waals surface area contributed by atoms with Crippen LogP contribution in [0, 0.1) is 28.6 Å². The number of hydrogen-bond acceptors (Lipinski definition) is 11. The van der Waals surface area contributed by atoms with Gasteiger partial charge in [-0.15, -0.1) is 0 Å². The maximum absolute atomic E-state index is 13.4. The maximum atomic E-state index is 13.4. The van der Waals surface area contributed by atoms with Gasteiger partial charge in [-0.1, -0.05) is 32.3 Å². The Morgan fingerprint density at radius 3 is 2.53 bits per heavy atom. The number of ketones is 1. The molecule has 11 nitrogen and oxygen atoms in total. The van der Waals surface area contributed by atoms with Crippen LogP contribution in [0.1, 0.15) is 52.9 Å². The topological polar surface area (TPSA) is 166 Å². The van der Waals surface area contributed by atoms with Crippen LogP contribution in [0.3, 0.4) is 0 Å². The first kappa shape index (κ1) is 27.2. The highest BCUT2D eigenvalue weighted by atomic mass is 16.6. The Kier molecular flexibility index (Phi) is 6.53. The standard InChI is InChI=1S/C27H36O11/c1-5-6-7-8-16(29)38-18-20-26-11-36-27(20,24(34)35-4)22(32)17(30)19(26)25(3)13(10-15(26)37-23(18)33)12(2)9-14(28)21(25)31/h9,13,15,17-22,30-32H,5-8,10-11H2,1-4H3/t13-,15+,17+,18+,19+,20+,21+,22-,25-,26?,27+/m0/s1. The van der Waals surface area contributed by atoms with E-state index in [0.29, 0.717) is 12.0 Å². The number of aliphatic hydroxyl groups excluding tert-OH is 3. The fourth-order valence-electron chi connectivity index (χ4n) is 8.53. The van der Waals surface area contributed by atoms with Gasteiger partial charge in [0.15, 0.2) is 5.78 Å². The van der Waals surface area contributed by atoms with Crippen LogP contribution in [0.2, 0.25) is 0 Å². The van der Waals surface area contributed by atoms with Gasteiger partial charge in [0, 0.05) is 23.2 Å². The van der Waals surface area contributed by atoms with Gasteiger partial charge in [0.25, 0.3) is 0 Å². The highest BCUT2D eigenvalue weighted by Crippen LogP contribution is 2.72. The average Bonchev–Trinajstić information content (AvgIpc) is 3.18. The van der Waals surface area contributed by atoms with E-state index in [-0.39, 0.29) is 19.4 Å². The van der Waals surface area contributed by atoms with Gasteiger partial charge in [-0.2, -0.15) is 0 Å². The smallest absolute Gasteiger partial charge is 0.348 e. The van der Waals surface area contributed by atoms with Crippen LogP contribution in [-0.4, -0.2) is 88.8 Å². The van der Waals surface area contributed by atoms with Crippen LogP contribution in [0.4, 0.5) is 0 Å². The second-order valence-corrected chi connectivity index (χ2v) is 11.7. The number of methoxy groups -OCH3 is 1. The average molecular weight is 537 g/mol. The van der Waals surface area contributed by atoms with Crippen molar-refractivity contribution in [2.24, 2.45) is 28.6 Å². The number of ether oxygens (including phenoxy) is 4. The zero-order valence-corrected chi connectivity index (χ0v) is 22.0. The van der Waals surface area contributed by atoms with Gasteiger partial charge < -0.3 is 34.3 Å². The van der Waals surface area contributed by atoms with Gasteiger partial charge >= 0.3 is 17.9 Å². The summed E-state index contributed by atoms with van der Waals surface area (Å²) in [5.74, 6) is -5.92. The lowest BCUT2D eigenvalue weighted by atomic mass is 9.38. The van der Waals surface area contributed by atoms with Crippen molar-refractivity contribution in [1.82, 2.24) is 0 Å². The lowest BCUT2D eigenvalue weighted by Crippen LogP contribution is -2.80. The molecule has 5 rings (SSSR count). The number of rotatable bonds is 6. The summed E-state index contributed by atoms with van der Waals surface area (Å²) in [6, 6.07) is 0. The van der Waals surface area contributed by atoms with Gasteiger partial charge in [0.2, 0.25) is 11.7 Å². The first-order valence-electron chi connectivity index (χ1n) is 13.3. The van der Waals surface area contributed by atoms with E-state index in [9.17, 15) is 34.5 Å². The summed E-state index contributed by atoms with van der Waals surface area (Å²) >= 11 is 0. The Hall–Kier alpha value is -2.34. The summed E-state index contributed by atoms with van der Waals surface area (Å²) < 4.78 is 22.6. The number of carbonyl (C=O) groups is 4. The highest BCUT2D eigenvalue weighted by molar-refractivity contribution is 5.96. The number of carbonyl (C=O) groups excluding carboxylic acids is 4. The molecule has 2 saturated heterocycles. The van der Waals surface area contributed by atoms with E-state index in [0.717, 1.165) is 20.0 Å². The molecule has 3 aliphatic carbocycles. The first-order chi connectivity index (χ1) is 17.9. The van der Waals surface area contributed by atoms with Crippen molar-refractivity contribution in [2.75, 3.05) is 13.7 Å². The van der Waals surface area contributed by atoms with Gasteiger partial charge in [0.1, 0.15) is 18.3 Å². The summed E-state index contributed by atoms with van der Waals surface area (Å²) in [5.41, 5.74) is -4.24. The van der Waals surface area contributed by atoms with Crippen molar-refractivity contribution in [1.29, 1.82) is 0 Å². The fourth-order valence-corrected chi connectivity index (χ4v) is 8.53. The van der Waals surface area contributed by atoms with Crippen molar-refractivity contribution in [3.8, 4) is 0 Å². The van der Waals surface area contributed by atoms with Crippen molar-refractivity contribution in [2.45, 2.75) is 89.0 Å². The van der Waals surface area contributed by atoms with Crippen molar-refractivity contribution in [3.63, 3.8) is 0 Å². The summed E-state index contributed by atoms with van der Waals surface area (Å²) in [4.78, 5) is 52.4. The Labute approximate surface area is 220 Å². The van der Waals surface area contributed by atoms with Crippen LogP contribution in [-0.2, 0) is 38.1 Å². The molecule has 0 radical (unpaired) electrons. The Bertz CT molecular complexity index is 1080. The van der Waals surface area contributed by atoms with Crippen LogP contribution in [0.15, 0.2) is 11.6 Å². The molecule has 1 unspecified atom stereocenters. The lowest BCUT2D eigenvalue weighted by molar-refractivity contribution is -0.298. The Morgan fingerprint density at radius 1 is 1.16 bits per heavy atom. The third-order valence-electron chi connectivity index (χ3n) is 10.1. The van der Waals surface area contributed by atoms with Crippen molar-refractivity contribution < 1.29 is 53.4 Å². The molecule has 38 heavy (non-hydrogen) atoms. The van der Waals surface area contributed by atoms with E-state index >= 15 is 0 Å². The normalized spacial score (nSPS) is 46.9. The van der Waals surface area contributed by atoms with E-state index in [2.05, 4.69) is 0 Å². The minimum atomic E-state index is -2.23. The third kappa shape index (κ3) is 3.22. The largest absolute Gasteiger partial charge is 0.467 e. The molecule has 11 heteroatoms. The molecule has 210 valence electrons. The summed E-state index contributed by atoms with van der Waals surface area (Å²) in [6.45, 7) is 5.14. The van der Waals surface area contributed by atoms with Crippen molar-refractivity contribution >= 4 is 23.7 Å². The predicted molar refractivity (Wildman–Crippen MR) is 127 cm³/mol. The summed E-state index contributed by atoms with van der Waals surface area (Å²) in [5, 5.41) is 34.5. The molecule has 3 N–H and O–H groups in total.